The SMILES string of the molecule is O=C1CCCC(OC(=O)c2ccncc2)=C1C(=O)c1ccc(C(F)(F)F)c(N2CCCC2=O)c1Cl. The summed E-state index contributed by atoms with van der Waals surface area (Å²) in [6.07, 6.45) is -1.31. The van der Waals surface area contributed by atoms with Crippen molar-refractivity contribution in [3.8, 4) is 0 Å². The minimum Gasteiger partial charge on any atom is -0.427 e. The Balaban J connectivity index is 1.79. The first-order chi connectivity index (χ1) is 16.6. The van der Waals surface area contributed by atoms with Crippen molar-refractivity contribution in [2.45, 2.75) is 38.3 Å². The van der Waals surface area contributed by atoms with E-state index in [2.05, 4.69) is 4.98 Å². The van der Waals surface area contributed by atoms with E-state index in [0.29, 0.717) is 18.9 Å². The Labute approximate surface area is 202 Å². The third kappa shape index (κ3) is 4.84. The summed E-state index contributed by atoms with van der Waals surface area (Å²) in [4.78, 5) is 55.6. The van der Waals surface area contributed by atoms with E-state index >= 15 is 0 Å². The van der Waals surface area contributed by atoms with Gasteiger partial charge in [0, 0.05) is 43.8 Å². The van der Waals surface area contributed by atoms with Gasteiger partial charge in [-0.15, -0.1) is 0 Å². The molecular weight excluding hydrogens is 489 g/mol. The van der Waals surface area contributed by atoms with E-state index < -0.39 is 57.0 Å². The summed E-state index contributed by atoms with van der Waals surface area (Å²) in [6, 6.07) is 4.31. The van der Waals surface area contributed by atoms with E-state index in [-0.39, 0.29) is 37.1 Å². The molecule has 0 spiro atoms. The first kappa shape index (κ1) is 24.6. The summed E-state index contributed by atoms with van der Waals surface area (Å²) in [5.74, 6) is -3.14. The molecule has 2 heterocycles. The van der Waals surface area contributed by atoms with Crippen LogP contribution in [0.25, 0.3) is 0 Å². The summed E-state index contributed by atoms with van der Waals surface area (Å²) >= 11 is 6.31. The minimum absolute atomic E-state index is 0.00684. The Morgan fingerprint density at radius 2 is 1.71 bits per heavy atom. The number of carbonyl (C=O) groups excluding carboxylic acids is 4. The fourth-order valence-electron chi connectivity index (χ4n) is 4.08. The molecular formula is C24H18ClF3N2O5. The number of carbonyl (C=O) groups is 4. The summed E-state index contributed by atoms with van der Waals surface area (Å²) < 4.78 is 46.5. The molecule has 1 fully saturated rings. The second kappa shape index (κ2) is 9.61. The molecule has 1 amide bonds. The zero-order valence-electron chi connectivity index (χ0n) is 18.2. The molecule has 0 radical (unpaired) electrons. The van der Waals surface area contributed by atoms with Gasteiger partial charge in [0.1, 0.15) is 11.3 Å². The van der Waals surface area contributed by atoms with Crippen molar-refractivity contribution in [2.75, 3.05) is 11.4 Å². The molecule has 182 valence electrons. The van der Waals surface area contributed by atoms with Crippen LogP contribution < -0.4 is 4.90 Å². The van der Waals surface area contributed by atoms with Gasteiger partial charge in [-0.1, -0.05) is 11.6 Å². The number of aromatic nitrogens is 1. The standard InChI is InChI=1S/C24H18ClF3N2O5/c25-20-14(6-7-15(24(26,27)28)21(20)30-12-2-5-18(30)32)22(33)19-16(31)3-1-4-17(19)35-23(34)13-8-10-29-11-9-13/h6-11H,1-5,12H2. The highest BCUT2D eigenvalue weighted by Gasteiger charge is 2.40. The smallest absolute Gasteiger partial charge is 0.418 e. The molecule has 1 aliphatic heterocycles. The lowest BCUT2D eigenvalue weighted by molar-refractivity contribution is -0.137. The van der Waals surface area contributed by atoms with Gasteiger partial charge in [0.05, 0.1) is 21.8 Å². The van der Waals surface area contributed by atoms with E-state index in [0.717, 1.165) is 11.0 Å². The van der Waals surface area contributed by atoms with E-state index in [1.54, 1.807) is 0 Å². The van der Waals surface area contributed by atoms with Crippen molar-refractivity contribution in [1.82, 2.24) is 4.98 Å². The molecule has 0 bridgehead atoms. The Kier molecular flexibility index (Phi) is 6.75. The first-order valence-corrected chi connectivity index (χ1v) is 11.1. The molecule has 7 nitrogen and oxygen atoms in total. The molecule has 1 saturated heterocycles. The van der Waals surface area contributed by atoms with Crippen molar-refractivity contribution in [1.29, 1.82) is 0 Å². The molecule has 1 aliphatic carbocycles. The number of hydrogen-bond acceptors (Lipinski definition) is 6. The van der Waals surface area contributed by atoms with Crippen LogP contribution in [0.3, 0.4) is 0 Å². The van der Waals surface area contributed by atoms with Crippen LogP contribution >= 0.6 is 11.6 Å². The molecule has 4 rings (SSSR count). The van der Waals surface area contributed by atoms with Crippen LogP contribution in [0.15, 0.2) is 48.0 Å². The lowest BCUT2D eigenvalue weighted by atomic mass is 9.89. The highest BCUT2D eigenvalue weighted by Crippen LogP contribution is 2.44. The Hall–Kier alpha value is -3.53. The van der Waals surface area contributed by atoms with Crippen molar-refractivity contribution < 1.29 is 37.1 Å². The molecule has 2 aliphatic rings. The van der Waals surface area contributed by atoms with Crippen LogP contribution in [0.2, 0.25) is 5.02 Å². The van der Waals surface area contributed by atoms with Crippen LogP contribution in [0.4, 0.5) is 18.9 Å². The minimum atomic E-state index is -4.84. The number of ketones is 2. The molecule has 35 heavy (non-hydrogen) atoms. The first-order valence-electron chi connectivity index (χ1n) is 10.7. The van der Waals surface area contributed by atoms with Gasteiger partial charge >= 0.3 is 12.1 Å². The quantitative estimate of drug-likeness (QED) is 0.324. The van der Waals surface area contributed by atoms with Crippen LogP contribution in [0, 0.1) is 0 Å². The number of ether oxygens (including phenoxy) is 1. The normalized spacial score (nSPS) is 16.6. The molecule has 1 aromatic heterocycles. The maximum atomic E-state index is 13.7. The van der Waals surface area contributed by atoms with Gasteiger partial charge in [-0.2, -0.15) is 13.2 Å². The maximum absolute atomic E-state index is 13.7. The number of rotatable bonds is 5. The largest absolute Gasteiger partial charge is 0.427 e. The fourth-order valence-corrected chi connectivity index (χ4v) is 4.43. The monoisotopic (exact) mass is 506 g/mol. The number of amides is 1. The van der Waals surface area contributed by atoms with Crippen molar-refractivity contribution in [3.05, 3.63) is 69.7 Å². The number of hydrogen-bond donors (Lipinski definition) is 0. The second-order valence-electron chi connectivity index (χ2n) is 8.00. The van der Waals surface area contributed by atoms with Gasteiger partial charge in [0.25, 0.3) is 0 Å². The number of allylic oxidation sites excluding steroid dienone is 2. The lowest BCUT2D eigenvalue weighted by Crippen LogP contribution is -2.28. The van der Waals surface area contributed by atoms with Crippen molar-refractivity contribution >= 4 is 40.7 Å². The second-order valence-corrected chi connectivity index (χ2v) is 8.38. The molecule has 0 atom stereocenters. The van der Waals surface area contributed by atoms with Gasteiger partial charge in [-0.25, -0.2) is 4.79 Å². The Morgan fingerprint density at radius 1 is 1.00 bits per heavy atom. The zero-order chi connectivity index (χ0) is 25.3. The predicted octanol–water partition coefficient (Wildman–Crippen LogP) is 4.93. The summed E-state index contributed by atoms with van der Waals surface area (Å²) in [6.45, 7) is 0.00962. The number of anilines is 1. The lowest BCUT2D eigenvalue weighted by Gasteiger charge is -2.24. The molecule has 2 aromatic rings. The van der Waals surface area contributed by atoms with Gasteiger partial charge in [0.15, 0.2) is 5.78 Å². The molecule has 1 aromatic carbocycles. The third-order valence-electron chi connectivity index (χ3n) is 5.73. The highest BCUT2D eigenvalue weighted by molar-refractivity contribution is 6.40. The Bertz CT molecular complexity index is 1260. The number of pyridine rings is 1. The number of alkyl halides is 3. The number of halogens is 4. The van der Waals surface area contributed by atoms with Crippen LogP contribution in [-0.2, 0) is 20.5 Å². The Morgan fingerprint density at radius 3 is 2.34 bits per heavy atom. The maximum Gasteiger partial charge on any atom is 0.418 e. The van der Waals surface area contributed by atoms with E-state index in [4.69, 9.17) is 16.3 Å². The number of Topliss-reactive ketones (excluding diaryl/α,β-unsaturated/α-hetero) is 2. The molecule has 0 N–H and O–H groups in total. The van der Waals surface area contributed by atoms with E-state index in [1.807, 2.05) is 0 Å². The fraction of sp³-hybridized carbons (Fsp3) is 0.292. The molecule has 0 unspecified atom stereocenters. The van der Waals surface area contributed by atoms with E-state index in [9.17, 15) is 32.3 Å². The van der Waals surface area contributed by atoms with Gasteiger partial charge in [0.2, 0.25) is 11.7 Å². The predicted molar refractivity (Wildman–Crippen MR) is 118 cm³/mol. The number of nitrogens with zero attached hydrogens (tertiary/aromatic N) is 2. The van der Waals surface area contributed by atoms with Gasteiger partial charge in [-0.05, 0) is 37.1 Å². The topological polar surface area (TPSA) is 93.6 Å². The average molecular weight is 507 g/mol. The van der Waals surface area contributed by atoms with Crippen molar-refractivity contribution in [3.63, 3.8) is 0 Å². The third-order valence-corrected chi connectivity index (χ3v) is 6.12. The highest BCUT2D eigenvalue weighted by atomic mass is 35.5. The van der Waals surface area contributed by atoms with Crippen LogP contribution in [-0.4, -0.2) is 35.0 Å². The summed E-state index contributed by atoms with van der Waals surface area (Å²) in [7, 11) is 0. The zero-order valence-corrected chi connectivity index (χ0v) is 18.9. The molecule has 11 heteroatoms. The van der Waals surface area contributed by atoms with Gasteiger partial charge in [-0.3, -0.25) is 19.4 Å². The van der Waals surface area contributed by atoms with E-state index in [1.165, 1.54) is 24.5 Å². The average Bonchev–Trinajstić information content (AvgIpc) is 3.24. The van der Waals surface area contributed by atoms with Crippen LogP contribution in [0.5, 0.6) is 0 Å². The summed E-state index contributed by atoms with van der Waals surface area (Å²) in [5.41, 5.74) is -2.48. The number of benzene rings is 1. The van der Waals surface area contributed by atoms with Crippen molar-refractivity contribution in [2.24, 2.45) is 0 Å². The molecule has 0 saturated carbocycles. The number of esters is 1. The van der Waals surface area contributed by atoms with Crippen LogP contribution in [0.1, 0.15) is 58.4 Å². The van der Waals surface area contributed by atoms with Gasteiger partial charge < -0.3 is 9.64 Å². The summed E-state index contributed by atoms with van der Waals surface area (Å²) in [5, 5.41) is -0.592.